The maximum Gasteiger partial charge on any atom is 0.229 e. The highest BCUT2D eigenvalue weighted by Gasteiger charge is 2.15. The van der Waals surface area contributed by atoms with E-state index >= 15 is 0 Å². The summed E-state index contributed by atoms with van der Waals surface area (Å²) in [5.41, 5.74) is 1.32. The van der Waals surface area contributed by atoms with Gasteiger partial charge in [-0.25, -0.2) is 8.42 Å². The highest BCUT2D eigenvalue weighted by atomic mass is 32.2. The fraction of sp³-hybridized carbons (Fsp3) is 0.294. The first-order chi connectivity index (χ1) is 11.8. The van der Waals surface area contributed by atoms with E-state index in [4.69, 9.17) is 0 Å². The average molecular weight is 366 g/mol. The number of aliphatic hydroxyl groups excluding tert-OH is 2. The summed E-state index contributed by atoms with van der Waals surface area (Å²) >= 11 is 0. The Balaban J connectivity index is 2.07. The third-order valence-corrected chi connectivity index (χ3v) is 4.23. The highest BCUT2D eigenvalue weighted by Crippen LogP contribution is 2.28. The molecule has 0 saturated heterocycles. The van der Waals surface area contributed by atoms with Gasteiger partial charge in [-0.1, -0.05) is 36.4 Å². The number of nitrogens with one attached hydrogen (secondary N) is 2. The molecule has 0 amide bonds. The van der Waals surface area contributed by atoms with Gasteiger partial charge in [-0.15, -0.1) is 0 Å². The molecule has 0 heterocycles. The van der Waals surface area contributed by atoms with Crippen LogP contribution in [-0.2, 0) is 10.0 Å². The van der Waals surface area contributed by atoms with Gasteiger partial charge in [0.15, 0.2) is 0 Å². The van der Waals surface area contributed by atoms with Gasteiger partial charge in [-0.3, -0.25) is 4.72 Å². The van der Waals surface area contributed by atoms with Crippen LogP contribution < -0.4 is 10.0 Å². The first kappa shape index (κ1) is 19.2. The third kappa shape index (κ3) is 5.71. The molecule has 2 atom stereocenters. The van der Waals surface area contributed by atoms with Gasteiger partial charge in [-0.2, -0.15) is 0 Å². The van der Waals surface area contributed by atoms with Crippen LogP contribution in [0.1, 0.15) is 23.3 Å². The molecular formula is C17H22N2O5S. The summed E-state index contributed by atoms with van der Waals surface area (Å²) < 4.78 is 24.8. The summed E-state index contributed by atoms with van der Waals surface area (Å²) in [5.74, 6) is -0.230. The third-order valence-electron chi connectivity index (χ3n) is 3.64. The van der Waals surface area contributed by atoms with Gasteiger partial charge in [0.05, 0.1) is 30.7 Å². The number of hydrogen-bond acceptors (Lipinski definition) is 6. The Labute approximate surface area is 147 Å². The second-order valence-corrected chi connectivity index (χ2v) is 7.47. The second kappa shape index (κ2) is 8.30. The summed E-state index contributed by atoms with van der Waals surface area (Å²) in [6.07, 6.45) is 0.0291. The van der Waals surface area contributed by atoms with Crippen LogP contribution in [0.2, 0.25) is 0 Å². The Morgan fingerprint density at radius 1 is 1.08 bits per heavy atom. The van der Waals surface area contributed by atoms with Crippen LogP contribution in [0.5, 0.6) is 5.75 Å². The minimum absolute atomic E-state index is 0.000757. The molecule has 25 heavy (non-hydrogen) atoms. The highest BCUT2D eigenvalue weighted by molar-refractivity contribution is 7.92. The molecule has 0 bridgehead atoms. The summed E-state index contributed by atoms with van der Waals surface area (Å²) in [6, 6.07) is 13.2. The number of rotatable bonds is 8. The Bertz CT molecular complexity index is 796. The molecule has 0 aliphatic rings. The van der Waals surface area contributed by atoms with Crippen molar-refractivity contribution < 1.29 is 23.7 Å². The van der Waals surface area contributed by atoms with Gasteiger partial charge in [0.25, 0.3) is 0 Å². The van der Waals surface area contributed by atoms with Crippen molar-refractivity contribution in [1.29, 1.82) is 0 Å². The molecule has 0 fully saturated rings. The van der Waals surface area contributed by atoms with Crippen molar-refractivity contribution in [3.63, 3.8) is 0 Å². The number of sulfonamides is 1. The molecule has 8 heteroatoms. The van der Waals surface area contributed by atoms with E-state index in [1.807, 2.05) is 30.3 Å². The zero-order valence-corrected chi connectivity index (χ0v) is 14.6. The molecule has 1 unspecified atom stereocenters. The Kier molecular flexibility index (Phi) is 6.38. The lowest BCUT2D eigenvalue weighted by Crippen LogP contribution is -2.28. The topological polar surface area (TPSA) is 119 Å². The molecule has 2 aromatic carbocycles. The molecule has 0 aromatic heterocycles. The van der Waals surface area contributed by atoms with Gasteiger partial charge >= 0.3 is 0 Å². The maximum absolute atomic E-state index is 11.3. The van der Waals surface area contributed by atoms with Gasteiger partial charge < -0.3 is 20.6 Å². The Morgan fingerprint density at radius 2 is 1.76 bits per heavy atom. The lowest BCUT2D eigenvalue weighted by Gasteiger charge is -2.20. The van der Waals surface area contributed by atoms with Crippen LogP contribution in [0, 0.1) is 0 Å². The fourth-order valence-electron chi connectivity index (χ4n) is 2.39. The van der Waals surface area contributed by atoms with E-state index in [1.54, 1.807) is 0 Å². The molecule has 0 spiro atoms. The number of aliphatic hydroxyl groups is 2. The van der Waals surface area contributed by atoms with E-state index < -0.39 is 16.1 Å². The molecule has 7 nitrogen and oxygen atoms in total. The second-order valence-electron chi connectivity index (χ2n) is 5.72. The zero-order chi connectivity index (χ0) is 18.4. The van der Waals surface area contributed by atoms with Crippen molar-refractivity contribution in [2.45, 2.75) is 12.1 Å². The molecule has 5 N–H and O–H groups in total. The number of anilines is 1. The number of phenols is 1. The number of phenolic OH excluding ortho intramolecular Hbond substituents is 1. The first-order valence-corrected chi connectivity index (χ1v) is 9.57. The van der Waals surface area contributed by atoms with Gasteiger partial charge in [0.1, 0.15) is 5.75 Å². The van der Waals surface area contributed by atoms with Crippen molar-refractivity contribution in [1.82, 2.24) is 5.32 Å². The Morgan fingerprint density at radius 3 is 2.36 bits per heavy atom. The van der Waals surface area contributed by atoms with Crippen LogP contribution in [-0.4, -0.2) is 43.1 Å². The van der Waals surface area contributed by atoms with Crippen LogP contribution in [0.15, 0.2) is 48.5 Å². The van der Waals surface area contributed by atoms with Crippen molar-refractivity contribution in [3.8, 4) is 5.75 Å². The quantitative estimate of drug-likeness (QED) is 0.447. The van der Waals surface area contributed by atoms with E-state index in [-0.39, 0.29) is 30.6 Å². The molecule has 2 rings (SSSR count). The largest absolute Gasteiger partial charge is 0.506 e. The zero-order valence-electron chi connectivity index (χ0n) is 13.8. The number of benzene rings is 2. The predicted octanol–water partition coefficient (Wildman–Crippen LogP) is 1.12. The van der Waals surface area contributed by atoms with Crippen LogP contribution >= 0.6 is 0 Å². The molecule has 0 aliphatic carbocycles. The minimum atomic E-state index is -3.55. The number of aromatic hydroxyl groups is 1. The Hall–Kier alpha value is -2.13. The average Bonchev–Trinajstić information content (AvgIpc) is 2.57. The van der Waals surface area contributed by atoms with E-state index in [1.165, 1.54) is 18.2 Å². The summed E-state index contributed by atoms with van der Waals surface area (Å²) in [5, 5.41) is 32.6. The predicted molar refractivity (Wildman–Crippen MR) is 95.8 cm³/mol. The van der Waals surface area contributed by atoms with E-state index in [2.05, 4.69) is 10.0 Å². The fourth-order valence-corrected chi connectivity index (χ4v) is 2.95. The molecule has 0 aliphatic heterocycles. The van der Waals surface area contributed by atoms with Gasteiger partial charge in [0, 0.05) is 6.54 Å². The minimum Gasteiger partial charge on any atom is -0.506 e. The summed E-state index contributed by atoms with van der Waals surface area (Å²) in [4.78, 5) is 0. The van der Waals surface area contributed by atoms with Crippen LogP contribution in [0.25, 0.3) is 0 Å². The van der Waals surface area contributed by atoms with Crippen molar-refractivity contribution in [3.05, 3.63) is 59.7 Å². The van der Waals surface area contributed by atoms with E-state index in [9.17, 15) is 23.7 Å². The van der Waals surface area contributed by atoms with Crippen molar-refractivity contribution >= 4 is 15.7 Å². The maximum atomic E-state index is 11.3. The van der Waals surface area contributed by atoms with E-state index in [0.29, 0.717) is 5.56 Å². The standard InChI is InChI=1S/C17H22N2O5S/c1-25(23,24)19-14-9-13(7-8-16(14)21)17(22)10-18-15(11-20)12-5-3-2-4-6-12/h2-9,15,17-22H,10-11H2,1H3/t15-,17?/m1/s1. The smallest absolute Gasteiger partial charge is 0.229 e. The van der Waals surface area contributed by atoms with E-state index in [0.717, 1.165) is 11.8 Å². The lowest BCUT2D eigenvalue weighted by atomic mass is 10.1. The van der Waals surface area contributed by atoms with Crippen molar-refractivity contribution in [2.75, 3.05) is 24.1 Å². The molecule has 2 aromatic rings. The first-order valence-electron chi connectivity index (χ1n) is 7.68. The van der Waals surface area contributed by atoms with Crippen molar-refractivity contribution in [2.24, 2.45) is 0 Å². The molecule has 0 radical (unpaired) electrons. The molecule has 0 saturated carbocycles. The molecular weight excluding hydrogens is 344 g/mol. The monoisotopic (exact) mass is 366 g/mol. The normalized spacial score (nSPS) is 14.0. The van der Waals surface area contributed by atoms with Crippen LogP contribution in [0.4, 0.5) is 5.69 Å². The summed E-state index contributed by atoms with van der Waals surface area (Å²) in [6.45, 7) is 0.0103. The van der Waals surface area contributed by atoms with Gasteiger partial charge in [-0.05, 0) is 23.3 Å². The lowest BCUT2D eigenvalue weighted by molar-refractivity contribution is 0.159. The number of hydrogen-bond donors (Lipinski definition) is 5. The molecule has 136 valence electrons. The van der Waals surface area contributed by atoms with Gasteiger partial charge in [0.2, 0.25) is 10.0 Å². The summed E-state index contributed by atoms with van der Waals surface area (Å²) in [7, 11) is -3.55. The van der Waals surface area contributed by atoms with Crippen LogP contribution in [0.3, 0.4) is 0 Å². The SMILES string of the molecule is CS(=O)(=O)Nc1cc(C(O)CN[C@H](CO)c2ccccc2)ccc1O.